The van der Waals surface area contributed by atoms with Crippen LogP contribution in [-0.2, 0) is 11.2 Å². The van der Waals surface area contributed by atoms with Gasteiger partial charge in [-0.2, -0.15) is 0 Å². The summed E-state index contributed by atoms with van der Waals surface area (Å²) >= 11 is 0. The lowest BCUT2D eigenvalue weighted by atomic mass is 9.93. The van der Waals surface area contributed by atoms with Gasteiger partial charge in [-0.1, -0.05) is 36.4 Å². The van der Waals surface area contributed by atoms with E-state index in [9.17, 15) is 27.9 Å². The molecule has 0 atom stereocenters. The van der Waals surface area contributed by atoms with Crippen LogP contribution < -0.4 is 10.4 Å². The molecule has 35 heavy (non-hydrogen) atoms. The van der Waals surface area contributed by atoms with Crippen molar-refractivity contribution < 1.29 is 37.3 Å². The summed E-state index contributed by atoms with van der Waals surface area (Å²) in [6.45, 7) is 0. The number of hydrogen-bond donors (Lipinski definition) is 2. The molecule has 1 heterocycles. The highest BCUT2D eigenvalue weighted by atomic mass is 19.4. The first-order valence-corrected chi connectivity index (χ1v) is 10.2. The topological polar surface area (TPSA) is 97.0 Å². The Balaban J connectivity index is 1.80. The van der Waals surface area contributed by atoms with Gasteiger partial charge in [0.25, 0.3) is 0 Å². The molecular formula is C26H17F3O6. The molecule has 4 aromatic rings. The van der Waals surface area contributed by atoms with Gasteiger partial charge in [-0.25, -0.2) is 9.59 Å². The molecule has 0 unspecified atom stereocenters. The molecule has 0 amide bonds. The fraction of sp³-hybridized carbons (Fsp3) is 0.0769. The Morgan fingerprint density at radius 1 is 1.00 bits per heavy atom. The zero-order valence-electron chi connectivity index (χ0n) is 17.9. The summed E-state index contributed by atoms with van der Waals surface area (Å²) in [6, 6.07) is 16.2. The van der Waals surface area contributed by atoms with Crippen molar-refractivity contribution in [2.45, 2.75) is 12.8 Å². The molecule has 0 aliphatic heterocycles. The van der Waals surface area contributed by atoms with Crippen molar-refractivity contribution in [1.29, 1.82) is 0 Å². The second-order valence-corrected chi connectivity index (χ2v) is 7.59. The highest BCUT2D eigenvalue weighted by molar-refractivity contribution is 5.88. The molecule has 2 N–H and O–H groups in total. The van der Waals surface area contributed by atoms with Crippen molar-refractivity contribution in [2.75, 3.05) is 0 Å². The van der Waals surface area contributed by atoms with Gasteiger partial charge in [0.1, 0.15) is 17.1 Å². The quantitative estimate of drug-likeness (QED) is 0.268. The van der Waals surface area contributed by atoms with Crippen molar-refractivity contribution in [3.63, 3.8) is 0 Å². The summed E-state index contributed by atoms with van der Waals surface area (Å²) < 4.78 is 46.9. The number of hydrogen-bond acceptors (Lipinski definition) is 5. The molecule has 4 rings (SSSR count). The molecule has 0 fully saturated rings. The van der Waals surface area contributed by atoms with Gasteiger partial charge >= 0.3 is 18.0 Å². The van der Waals surface area contributed by atoms with Crippen LogP contribution in [0, 0.1) is 0 Å². The molecule has 0 radical (unpaired) electrons. The van der Waals surface area contributed by atoms with E-state index in [2.05, 4.69) is 4.74 Å². The van der Waals surface area contributed by atoms with Crippen molar-refractivity contribution in [1.82, 2.24) is 0 Å². The van der Waals surface area contributed by atoms with Gasteiger partial charge < -0.3 is 19.4 Å². The third-order valence-electron chi connectivity index (χ3n) is 5.15. The van der Waals surface area contributed by atoms with Crippen LogP contribution in [0.3, 0.4) is 0 Å². The number of carboxylic acid groups (broad SMARTS) is 1. The first kappa shape index (κ1) is 23.6. The fourth-order valence-corrected chi connectivity index (χ4v) is 3.67. The molecule has 9 heteroatoms. The van der Waals surface area contributed by atoms with E-state index in [1.165, 1.54) is 30.3 Å². The highest BCUT2D eigenvalue weighted by Gasteiger charge is 2.31. The number of halogens is 3. The van der Waals surface area contributed by atoms with Gasteiger partial charge in [0.15, 0.2) is 0 Å². The fourth-order valence-electron chi connectivity index (χ4n) is 3.67. The third kappa shape index (κ3) is 5.70. The van der Waals surface area contributed by atoms with E-state index in [0.717, 1.165) is 23.8 Å². The molecule has 0 aliphatic carbocycles. The van der Waals surface area contributed by atoms with Crippen molar-refractivity contribution >= 4 is 23.0 Å². The Kier molecular flexibility index (Phi) is 6.33. The molecule has 6 nitrogen and oxygen atoms in total. The first-order chi connectivity index (χ1) is 16.6. The molecule has 0 spiro atoms. The van der Waals surface area contributed by atoms with Gasteiger partial charge in [0.05, 0.1) is 5.56 Å². The summed E-state index contributed by atoms with van der Waals surface area (Å²) in [5, 5.41) is 19.1. The monoisotopic (exact) mass is 482 g/mol. The van der Waals surface area contributed by atoms with Crippen LogP contribution in [0.2, 0.25) is 0 Å². The molecule has 1 aromatic heterocycles. The lowest BCUT2D eigenvalue weighted by Gasteiger charge is -2.14. The van der Waals surface area contributed by atoms with Gasteiger partial charge in [0, 0.05) is 17.5 Å². The minimum absolute atomic E-state index is 0.0948. The minimum Gasteiger partial charge on any atom is -0.508 e. The van der Waals surface area contributed by atoms with E-state index in [1.807, 2.05) is 0 Å². The number of benzene rings is 3. The zero-order chi connectivity index (χ0) is 25.2. The summed E-state index contributed by atoms with van der Waals surface area (Å²) in [5.74, 6) is -1.60. The van der Waals surface area contributed by atoms with Gasteiger partial charge in [0.2, 0.25) is 0 Å². The van der Waals surface area contributed by atoms with Crippen LogP contribution in [0.1, 0.15) is 16.7 Å². The summed E-state index contributed by atoms with van der Waals surface area (Å²) in [6.07, 6.45) is -2.13. The Hall–Kier alpha value is -4.53. The lowest BCUT2D eigenvalue weighted by Crippen LogP contribution is -2.17. The van der Waals surface area contributed by atoms with Crippen LogP contribution in [0.4, 0.5) is 13.2 Å². The Bertz CT molecular complexity index is 1470. The lowest BCUT2D eigenvalue weighted by molar-refractivity contribution is -0.274. The Morgan fingerprint density at radius 3 is 2.31 bits per heavy atom. The molecule has 0 saturated heterocycles. The second kappa shape index (κ2) is 9.38. The number of carbonyl (C=O) groups is 1. The Morgan fingerprint density at radius 2 is 1.69 bits per heavy atom. The molecule has 0 saturated carbocycles. The average molecular weight is 482 g/mol. The maximum absolute atomic E-state index is 12.9. The standard InChI is InChI=1S/C26H17F3O6/c27-26(28,29)35-19-9-6-17(7-10-19)24-21(20-11-8-18(30)14-22(20)34-25(24)33)13-16-3-1-15(2-4-16)5-12-23(31)32/h1-12,14,30H,13H2,(H,31,32)/b12-5+. The third-order valence-corrected chi connectivity index (χ3v) is 5.15. The average Bonchev–Trinajstić information content (AvgIpc) is 2.78. The smallest absolute Gasteiger partial charge is 0.508 e. The minimum atomic E-state index is -4.84. The van der Waals surface area contributed by atoms with Crippen LogP contribution in [0.15, 0.2) is 82.0 Å². The largest absolute Gasteiger partial charge is 0.573 e. The van der Waals surface area contributed by atoms with Gasteiger partial charge in [-0.15, -0.1) is 13.2 Å². The number of aromatic hydroxyl groups is 1. The summed E-state index contributed by atoms with van der Waals surface area (Å²) in [5.41, 5.74) is 1.94. The van der Waals surface area contributed by atoms with Crippen LogP contribution in [0.25, 0.3) is 28.2 Å². The first-order valence-electron chi connectivity index (χ1n) is 10.2. The highest BCUT2D eigenvalue weighted by Crippen LogP contribution is 2.33. The molecular weight excluding hydrogens is 465 g/mol. The van der Waals surface area contributed by atoms with Crippen molar-refractivity contribution in [2.24, 2.45) is 0 Å². The zero-order valence-corrected chi connectivity index (χ0v) is 17.9. The van der Waals surface area contributed by atoms with Crippen molar-refractivity contribution in [3.8, 4) is 22.6 Å². The molecule has 0 bridgehead atoms. The number of aliphatic carboxylic acids is 1. The van der Waals surface area contributed by atoms with Crippen LogP contribution in [-0.4, -0.2) is 22.5 Å². The van der Waals surface area contributed by atoms with E-state index >= 15 is 0 Å². The number of rotatable bonds is 6. The maximum Gasteiger partial charge on any atom is 0.573 e. The number of phenols is 1. The SMILES string of the molecule is O=C(O)/C=C/c1ccc(Cc2c(-c3ccc(OC(F)(F)F)cc3)c(=O)oc3cc(O)ccc23)cc1. The predicted octanol–water partition coefficient (Wildman–Crippen LogP) is 5.75. The summed E-state index contributed by atoms with van der Waals surface area (Å²) in [4.78, 5) is 23.7. The predicted molar refractivity (Wildman–Crippen MR) is 122 cm³/mol. The number of ether oxygens (including phenoxy) is 1. The van der Waals surface area contributed by atoms with E-state index in [-0.39, 0.29) is 23.3 Å². The van der Waals surface area contributed by atoms with E-state index in [1.54, 1.807) is 30.3 Å². The molecule has 3 aromatic carbocycles. The number of alkyl halides is 3. The van der Waals surface area contributed by atoms with E-state index in [0.29, 0.717) is 22.1 Å². The second-order valence-electron chi connectivity index (χ2n) is 7.59. The normalized spacial score (nSPS) is 11.7. The number of phenolic OH excluding ortho intramolecular Hbond substituents is 1. The molecule has 0 aliphatic rings. The van der Waals surface area contributed by atoms with E-state index in [4.69, 9.17) is 9.52 Å². The molecule has 178 valence electrons. The van der Waals surface area contributed by atoms with Crippen LogP contribution >= 0.6 is 0 Å². The van der Waals surface area contributed by atoms with E-state index < -0.39 is 23.7 Å². The number of fused-ring (bicyclic) bond motifs is 1. The van der Waals surface area contributed by atoms with Gasteiger partial charge in [-0.3, -0.25) is 0 Å². The maximum atomic E-state index is 12.9. The Labute approximate surface area is 196 Å². The van der Waals surface area contributed by atoms with Crippen molar-refractivity contribution in [3.05, 3.63) is 99.9 Å². The summed E-state index contributed by atoms with van der Waals surface area (Å²) in [7, 11) is 0. The van der Waals surface area contributed by atoms with Gasteiger partial charge in [-0.05, 0) is 59.0 Å². The van der Waals surface area contributed by atoms with Crippen LogP contribution in [0.5, 0.6) is 11.5 Å². The number of carboxylic acids is 1.